The zero-order valence-corrected chi connectivity index (χ0v) is 15.9. The van der Waals surface area contributed by atoms with Gasteiger partial charge in [-0.15, -0.1) is 5.10 Å². The number of nitrogens with one attached hydrogen (secondary N) is 3. The lowest BCUT2D eigenvalue weighted by Gasteiger charge is -2.11. The van der Waals surface area contributed by atoms with Gasteiger partial charge >= 0.3 is 0 Å². The molecule has 1 aromatic heterocycles. The van der Waals surface area contributed by atoms with E-state index in [1.54, 1.807) is 17.5 Å². The summed E-state index contributed by atoms with van der Waals surface area (Å²) in [4.78, 5) is 11.9. The van der Waals surface area contributed by atoms with E-state index < -0.39 is 0 Å². The predicted molar refractivity (Wildman–Crippen MR) is 108 cm³/mol. The van der Waals surface area contributed by atoms with Crippen LogP contribution in [0.15, 0.2) is 58.4 Å². The highest BCUT2D eigenvalue weighted by atomic mass is 79.9. The summed E-state index contributed by atoms with van der Waals surface area (Å²) in [5.41, 5.74) is 2.66. The first-order chi connectivity index (χ1) is 12.1. The summed E-state index contributed by atoms with van der Waals surface area (Å²) < 4.78 is 4.67. The Morgan fingerprint density at radius 2 is 1.44 bits per heavy atom. The molecular formula is C16H12BrN5OS2. The zero-order chi connectivity index (χ0) is 17.6. The standard InChI is InChI=1S/C16H12BrN5OS2/c17-10-1-3-12(4-2-10)19-16(24)20-13-7-5-11(6-8-13)18-15(23)14-9-25-22-21-14/h1-9H,(H,18,23)(H2,19,20,24). The Kier molecular flexibility index (Phi) is 5.69. The Balaban J connectivity index is 1.56. The Hall–Kier alpha value is -2.36. The normalized spacial score (nSPS) is 10.1. The molecule has 0 spiro atoms. The van der Waals surface area contributed by atoms with Crippen molar-refractivity contribution < 1.29 is 4.79 Å². The molecule has 0 saturated heterocycles. The van der Waals surface area contributed by atoms with Crippen molar-refractivity contribution in [1.29, 1.82) is 0 Å². The van der Waals surface area contributed by atoms with Crippen LogP contribution in [0.5, 0.6) is 0 Å². The highest BCUT2D eigenvalue weighted by molar-refractivity contribution is 9.10. The average Bonchev–Trinajstić information content (AvgIpc) is 3.13. The number of benzene rings is 2. The van der Waals surface area contributed by atoms with Gasteiger partial charge in [-0.3, -0.25) is 4.79 Å². The number of hydrogen-bond acceptors (Lipinski definition) is 5. The van der Waals surface area contributed by atoms with Crippen LogP contribution in [0.4, 0.5) is 17.1 Å². The largest absolute Gasteiger partial charge is 0.332 e. The quantitative estimate of drug-likeness (QED) is 0.530. The molecule has 0 saturated carbocycles. The Labute approximate surface area is 162 Å². The van der Waals surface area contributed by atoms with E-state index in [0.29, 0.717) is 16.5 Å². The van der Waals surface area contributed by atoms with Gasteiger partial charge in [0.2, 0.25) is 0 Å². The van der Waals surface area contributed by atoms with Crippen molar-refractivity contribution in [2.75, 3.05) is 16.0 Å². The van der Waals surface area contributed by atoms with Crippen LogP contribution in [-0.2, 0) is 0 Å². The van der Waals surface area contributed by atoms with Crippen LogP contribution in [0.3, 0.4) is 0 Å². The molecule has 0 atom stereocenters. The zero-order valence-electron chi connectivity index (χ0n) is 12.7. The van der Waals surface area contributed by atoms with Crippen LogP contribution in [0.2, 0.25) is 0 Å². The van der Waals surface area contributed by atoms with Gasteiger partial charge in [0.05, 0.1) is 0 Å². The average molecular weight is 434 g/mol. The Morgan fingerprint density at radius 1 is 0.920 bits per heavy atom. The number of aromatic nitrogens is 2. The number of amides is 1. The SMILES string of the molecule is O=C(Nc1ccc(NC(=S)Nc2ccc(Br)cc2)cc1)c1csnn1. The van der Waals surface area contributed by atoms with Crippen LogP contribution >= 0.6 is 39.7 Å². The summed E-state index contributed by atoms with van der Waals surface area (Å²) in [7, 11) is 0. The molecule has 1 amide bonds. The summed E-state index contributed by atoms with van der Waals surface area (Å²) >= 11 is 9.81. The van der Waals surface area contributed by atoms with Crippen molar-refractivity contribution in [2.45, 2.75) is 0 Å². The molecule has 0 aliphatic rings. The van der Waals surface area contributed by atoms with E-state index in [4.69, 9.17) is 12.2 Å². The maximum atomic E-state index is 11.9. The monoisotopic (exact) mass is 433 g/mol. The molecule has 0 fully saturated rings. The van der Waals surface area contributed by atoms with Crippen LogP contribution in [-0.4, -0.2) is 20.6 Å². The molecule has 3 rings (SSSR count). The van der Waals surface area contributed by atoms with Crippen LogP contribution in [0.1, 0.15) is 10.5 Å². The van der Waals surface area contributed by atoms with Gasteiger partial charge in [0, 0.05) is 26.9 Å². The summed E-state index contributed by atoms with van der Waals surface area (Å²) in [5.74, 6) is -0.290. The van der Waals surface area contributed by atoms with E-state index >= 15 is 0 Å². The number of thiocarbonyl (C=S) groups is 1. The Morgan fingerprint density at radius 3 is 1.96 bits per heavy atom. The number of hydrogen-bond donors (Lipinski definition) is 3. The van der Waals surface area contributed by atoms with Gasteiger partial charge in [0.1, 0.15) is 0 Å². The van der Waals surface area contributed by atoms with Crippen LogP contribution in [0.25, 0.3) is 0 Å². The molecule has 25 heavy (non-hydrogen) atoms. The summed E-state index contributed by atoms with van der Waals surface area (Å²) in [6, 6.07) is 14.9. The molecule has 1 heterocycles. The maximum absolute atomic E-state index is 11.9. The highest BCUT2D eigenvalue weighted by Crippen LogP contribution is 2.17. The topological polar surface area (TPSA) is 78.9 Å². The van der Waals surface area contributed by atoms with Crippen molar-refractivity contribution in [1.82, 2.24) is 9.59 Å². The number of rotatable bonds is 4. The van der Waals surface area contributed by atoms with Crippen molar-refractivity contribution in [3.8, 4) is 0 Å². The van der Waals surface area contributed by atoms with Crippen LogP contribution < -0.4 is 16.0 Å². The van der Waals surface area contributed by atoms with Crippen molar-refractivity contribution >= 4 is 67.8 Å². The molecule has 2 aromatic carbocycles. The molecule has 0 bridgehead atoms. The highest BCUT2D eigenvalue weighted by Gasteiger charge is 2.08. The van der Waals surface area contributed by atoms with Crippen LogP contribution in [0, 0.1) is 0 Å². The van der Waals surface area contributed by atoms with Gasteiger partial charge in [-0.2, -0.15) is 0 Å². The van der Waals surface area contributed by atoms with Gasteiger partial charge in [-0.1, -0.05) is 20.4 Å². The smallest absolute Gasteiger partial charge is 0.277 e. The first-order valence-electron chi connectivity index (χ1n) is 7.12. The number of anilines is 3. The lowest BCUT2D eigenvalue weighted by atomic mass is 10.2. The van der Waals surface area contributed by atoms with E-state index in [1.165, 1.54) is 0 Å². The molecule has 0 aliphatic heterocycles. The van der Waals surface area contributed by atoms with E-state index in [2.05, 4.69) is 41.5 Å². The summed E-state index contributed by atoms with van der Waals surface area (Å²) in [6.45, 7) is 0. The lowest BCUT2D eigenvalue weighted by Crippen LogP contribution is -2.19. The minimum absolute atomic E-state index is 0.290. The molecule has 0 aliphatic carbocycles. The molecule has 0 radical (unpaired) electrons. The first kappa shape index (κ1) is 17.5. The fourth-order valence-electron chi connectivity index (χ4n) is 1.92. The first-order valence-corrected chi connectivity index (χ1v) is 9.16. The van der Waals surface area contributed by atoms with Gasteiger partial charge in [0.15, 0.2) is 10.8 Å². The molecule has 9 heteroatoms. The fourth-order valence-corrected chi connectivity index (χ4v) is 2.86. The predicted octanol–water partition coefficient (Wildman–Crippen LogP) is 4.36. The number of halogens is 1. The minimum atomic E-state index is -0.290. The molecule has 126 valence electrons. The number of carbonyl (C=O) groups excluding carboxylic acids is 1. The number of carbonyl (C=O) groups is 1. The molecular weight excluding hydrogens is 422 g/mol. The van der Waals surface area contributed by atoms with Crippen molar-refractivity contribution in [2.24, 2.45) is 0 Å². The van der Waals surface area contributed by atoms with E-state index in [1.807, 2.05) is 36.4 Å². The minimum Gasteiger partial charge on any atom is -0.332 e. The second-order valence-corrected chi connectivity index (χ2v) is 6.84. The van der Waals surface area contributed by atoms with Crippen molar-refractivity contribution in [3.63, 3.8) is 0 Å². The molecule has 3 aromatic rings. The maximum Gasteiger partial charge on any atom is 0.277 e. The van der Waals surface area contributed by atoms with Gasteiger partial charge in [-0.25, -0.2) is 0 Å². The van der Waals surface area contributed by atoms with E-state index in [9.17, 15) is 4.79 Å². The summed E-state index contributed by atoms with van der Waals surface area (Å²) in [6.07, 6.45) is 0. The third-order valence-electron chi connectivity index (χ3n) is 3.10. The van der Waals surface area contributed by atoms with E-state index in [-0.39, 0.29) is 5.91 Å². The molecule has 3 N–H and O–H groups in total. The van der Waals surface area contributed by atoms with Gasteiger partial charge < -0.3 is 16.0 Å². The fraction of sp³-hybridized carbons (Fsp3) is 0. The summed E-state index contributed by atoms with van der Waals surface area (Å²) in [5, 5.41) is 14.7. The third kappa shape index (κ3) is 5.05. The molecule has 0 unspecified atom stereocenters. The lowest BCUT2D eigenvalue weighted by molar-refractivity contribution is 0.102. The second kappa shape index (κ2) is 8.15. The third-order valence-corrected chi connectivity index (χ3v) is 4.33. The Bertz CT molecular complexity index is 867. The second-order valence-electron chi connectivity index (χ2n) is 4.91. The van der Waals surface area contributed by atoms with Crippen molar-refractivity contribution in [3.05, 3.63) is 64.1 Å². The van der Waals surface area contributed by atoms with Gasteiger partial charge in [-0.05, 0) is 72.3 Å². The van der Waals surface area contributed by atoms with E-state index in [0.717, 1.165) is 27.4 Å². The molecule has 6 nitrogen and oxygen atoms in total. The van der Waals surface area contributed by atoms with Gasteiger partial charge in [0.25, 0.3) is 5.91 Å². The number of nitrogens with zero attached hydrogens (tertiary/aromatic N) is 2.